The second kappa shape index (κ2) is 4.14. The maximum Gasteiger partial charge on any atom is 0.404 e. The lowest BCUT2D eigenvalue weighted by atomic mass is 10.0. The molecule has 2 N–H and O–H groups in total. The summed E-state index contributed by atoms with van der Waals surface area (Å²) in [5.41, 5.74) is 0. The lowest BCUT2D eigenvalue weighted by Crippen LogP contribution is -2.54. The summed E-state index contributed by atoms with van der Waals surface area (Å²) in [5.74, 6) is 0. The monoisotopic (exact) mass is 200 g/mol. The maximum absolute atomic E-state index is 10.4. The molecule has 0 spiro atoms. The number of amides is 1. The number of nitrogens with one attached hydrogen (secondary N) is 1. The normalized spacial score (nSPS) is 25.7. The van der Waals surface area contributed by atoms with Crippen LogP contribution in [0.5, 0.6) is 0 Å². The Morgan fingerprint density at radius 2 is 2.00 bits per heavy atom. The molecule has 2 aliphatic rings. The molecule has 0 unspecified atom stereocenters. The Bertz CT molecular complexity index is 210. The Morgan fingerprint density at radius 3 is 2.43 bits per heavy atom. The van der Waals surface area contributed by atoms with Crippen molar-refractivity contribution in [1.29, 1.82) is 0 Å². The van der Waals surface area contributed by atoms with Crippen LogP contribution in [0.1, 0.15) is 12.8 Å². The fourth-order valence-corrected chi connectivity index (χ4v) is 2.02. The summed E-state index contributed by atoms with van der Waals surface area (Å²) in [4.78, 5) is 12.8. The summed E-state index contributed by atoms with van der Waals surface area (Å²) in [6, 6.07) is 0.727. The molecule has 0 radical (unpaired) electrons. The Hall–Kier alpha value is -0.810. The van der Waals surface area contributed by atoms with Crippen molar-refractivity contribution in [3.8, 4) is 0 Å². The molecule has 80 valence electrons. The van der Waals surface area contributed by atoms with Crippen LogP contribution in [0.4, 0.5) is 4.79 Å². The fraction of sp³-hybridized carbons (Fsp3) is 0.889. The molecule has 5 heteroatoms. The van der Waals surface area contributed by atoms with E-state index in [1.807, 2.05) is 0 Å². The first-order valence-electron chi connectivity index (χ1n) is 5.07. The van der Waals surface area contributed by atoms with E-state index in [0.29, 0.717) is 6.04 Å². The van der Waals surface area contributed by atoms with Crippen LogP contribution in [0, 0.1) is 0 Å². The molecule has 5 nitrogen and oxygen atoms in total. The van der Waals surface area contributed by atoms with Crippen molar-refractivity contribution in [2.24, 2.45) is 0 Å². The average Bonchev–Trinajstić information content (AvgIpc) is 2.04. The van der Waals surface area contributed by atoms with E-state index >= 15 is 0 Å². The van der Waals surface area contributed by atoms with Gasteiger partial charge in [0.25, 0.3) is 0 Å². The van der Waals surface area contributed by atoms with E-state index in [1.54, 1.807) is 0 Å². The fourth-order valence-electron chi connectivity index (χ4n) is 2.02. The van der Waals surface area contributed by atoms with E-state index in [-0.39, 0.29) is 6.04 Å². The van der Waals surface area contributed by atoms with Gasteiger partial charge < -0.3 is 15.2 Å². The van der Waals surface area contributed by atoms with E-state index < -0.39 is 6.09 Å². The van der Waals surface area contributed by atoms with Crippen LogP contribution in [-0.2, 0) is 4.74 Å². The molecule has 2 aliphatic heterocycles. The molecule has 0 atom stereocenters. The number of rotatable bonds is 2. The van der Waals surface area contributed by atoms with Gasteiger partial charge in [-0.15, -0.1) is 0 Å². The largest absolute Gasteiger partial charge is 0.465 e. The molecule has 0 saturated carbocycles. The number of carbonyl (C=O) groups is 1. The minimum absolute atomic E-state index is 0.143. The third-order valence-corrected chi connectivity index (χ3v) is 2.99. The third kappa shape index (κ3) is 2.16. The summed E-state index contributed by atoms with van der Waals surface area (Å²) < 4.78 is 5.13. The number of piperidine rings is 1. The molecule has 0 aliphatic carbocycles. The Balaban J connectivity index is 1.71. The quantitative estimate of drug-likeness (QED) is 0.664. The first-order chi connectivity index (χ1) is 6.75. The summed E-state index contributed by atoms with van der Waals surface area (Å²) in [6.07, 6.45) is 0.932. The topological polar surface area (TPSA) is 61.8 Å². The van der Waals surface area contributed by atoms with Gasteiger partial charge in [-0.3, -0.25) is 4.90 Å². The highest BCUT2D eigenvalue weighted by Gasteiger charge is 2.29. The Kier molecular flexibility index (Phi) is 2.88. The zero-order valence-electron chi connectivity index (χ0n) is 8.11. The number of likely N-dealkylation sites (tertiary alicyclic amines) is 1. The molecule has 0 aromatic rings. The van der Waals surface area contributed by atoms with Crippen LogP contribution < -0.4 is 5.32 Å². The summed E-state index contributed by atoms with van der Waals surface area (Å²) in [6.45, 7) is 3.66. The molecule has 0 aromatic heterocycles. The Labute approximate surface area is 83.0 Å². The van der Waals surface area contributed by atoms with Gasteiger partial charge in [0.2, 0.25) is 0 Å². The van der Waals surface area contributed by atoms with Gasteiger partial charge in [-0.2, -0.15) is 0 Å². The van der Waals surface area contributed by atoms with Crippen molar-refractivity contribution in [2.75, 3.05) is 26.3 Å². The van der Waals surface area contributed by atoms with Gasteiger partial charge in [-0.25, -0.2) is 4.79 Å². The second-order valence-corrected chi connectivity index (χ2v) is 3.95. The summed E-state index contributed by atoms with van der Waals surface area (Å²) in [7, 11) is 0. The van der Waals surface area contributed by atoms with Crippen molar-refractivity contribution in [1.82, 2.24) is 10.2 Å². The molecule has 2 rings (SSSR count). The first kappa shape index (κ1) is 9.73. The van der Waals surface area contributed by atoms with Gasteiger partial charge in [-0.05, 0) is 12.8 Å². The SMILES string of the molecule is O=C(O)NC1CCN(C2COC2)CC1. The lowest BCUT2D eigenvalue weighted by Gasteiger charge is -2.41. The number of nitrogens with zero attached hydrogens (tertiary/aromatic N) is 1. The number of hydrogen-bond acceptors (Lipinski definition) is 3. The van der Waals surface area contributed by atoms with Crippen molar-refractivity contribution in [3.05, 3.63) is 0 Å². The van der Waals surface area contributed by atoms with Crippen LogP contribution in [-0.4, -0.2) is 54.5 Å². The number of ether oxygens (including phenoxy) is 1. The zero-order valence-corrected chi connectivity index (χ0v) is 8.11. The highest BCUT2D eigenvalue weighted by Crippen LogP contribution is 2.17. The minimum Gasteiger partial charge on any atom is -0.465 e. The van der Waals surface area contributed by atoms with Gasteiger partial charge in [0.15, 0.2) is 0 Å². The van der Waals surface area contributed by atoms with Gasteiger partial charge in [0.05, 0.1) is 19.3 Å². The van der Waals surface area contributed by atoms with Crippen LogP contribution in [0.15, 0.2) is 0 Å². The molecular weight excluding hydrogens is 184 g/mol. The van der Waals surface area contributed by atoms with Gasteiger partial charge in [0, 0.05) is 19.1 Å². The molecule has 0 aromatic carbocycles. The van der Waals surface area contributed by atoms with E-state index in [1.165, 1.54) is 0 Å². The summed E-state index contributed by atoms with van der Waals surface area (Å²) in [5, 5.41) is 11.1. The van der Waals surface area contributed by atoms with Gasteiger partial charge in [0.1, 0.15) is 0 Å². The predicted octanol–water partition coefficient (Wildman–Crippen LogP) is 0.117. The van der Waals surface area contributed by atoms with E-state index in [9.17, 15) is 4.79 Å². The Morgan fingerprint density at radius 1 is 1.36 bits per heavy atom. The number of hydrogen-bond donors (Lipinski definition) is 2. The maximum atomic E-state index is 10.4. The van der Waals surface area contributed by atoms with Crippen molar-refractivity contribution >= 4 is 6.09 Å². The minimum atomic E-state index is -0.907. The van der Waals surface area contributed by atoms with Gasteiger partial charge >= 0.3 is 6.09 Å². The summed E-state index contributed by atoms with van der Waals surface area (Å²) >= 11 is 0. The molecule has 2 heterocycles. The van der Waals surface area contributed by atoms with Crippen molar-refractivity contribution < 1.29 is 14.6 Å². The van der Waals surface area contributed by atoms with Crippen LogP contribution in [0.25, 0.3) is 0 Å². The standard InChI is InChI=1S/C9H16N2O3/c12-9(13)10-7-1-3-11(4-2-7)8-5-14-6-8/h7-8,10H,1-6H2,(H,12,13). The molecule has 14 heavy (non-hydrogen) atoms. The highest BCUT2D eigenvalue weighted by atomic mass is 16.5. The van der Waals surface area contributed by atoms with E-state index in [4.69, 9.17) is 9.84 Å². The second-order valence-electron chi connectivity index (χ2n) is 3.95. The van der Waals surface area contributed by atoms with Crippen molar-refractivity contribution in [3.63, 3.8) is 0 Å². The van der Waals surface area contributed by atoms with Crippen LogP contribution >= 0.6 is 0 Å². The molecule has 0 bridgehead atoms. The van der Waals surface area contributed by atoms with Gasteiger partial charge in [-0.1, -0.05) is 0 Å². The predicted molar refractivity (Wildman–Crippen MR) is 50.4 cm³/mol. The zero-order chi connectivity index (χ0) is 9.97. The molecular formula is C9H16N2O3. The van der Waals surface area contributed by atoms with Crippen LogP contribution in [0.2, 0.25) is 0 Å². The third-order valence-electron chi connectivity index (χ3n) is 2.99. The van der Waals surface area contributed by atoms with E-state index in [0.717, 1.165) is 39.1 Å². The number of carboxylic acid groups (broad SMARTS) is 1. The smallest absolute Gasteiger partial charge is 0.404 e. The van der Waals surface area contributed by atoms with E-state index in [2.05, 4.69) is 10.2 Å². The van der Waals surface area contributed by atoms with Crippen LogP contribution in [0.3, 0.4) is 0 Å². The average molecular weight is 200 g/mol. The molecule has 2 fully saturated rings. The lowest BCUT2D eigenvalue weighted by molar-refractivity contribution is -0.0717. The first-order valence-corrected chi connectivity index (χ1v) is 5.07. The highest BCUT2D eigenvalue weighted by molar-refractivity contribution is 5.64. The van der Waals surface area contributed by atoms with Crippen molar-refractivity contribution in [2.45, 2.75) is 24.9 Å². The molecule has 1 amide bonds. The molecule has 2 saturated heterocycles.